The van der Waals surface area contributed by atoms with Crippen molar-refractivity contribution in [3.05, 3.63) is 48.3 Å². The summed E-state index contributed by atoms with van der Waals surface area (Å²) in [4.78, 5) is 15.9. The lowest BCUT2D eigenvalue weighted by atomic mass is 9.96. The fourth-order valence-electron chi connectivity index (χ4n) is 2.57. The predicted molar refractivity (Wildman–Crippen MR) is 73.2 cm³/mol. The monoisotopic (exact) mass is 237 g/mol. The highest BCUT2D eigenvalue weighted by Crippen LogP contribution is 2.30. The van der Waals surface area contributed by atoms with Gasteiger partial charge >= 0.3 is 0 Å². The molecule has 0 saturated carbocycles. The molecule has 18 heavy (non-hydrogen) atoms. The summed E-state index contributed by atoms with van der Waals surface area (Å²) >= 11 is 0. The molecule has 2 nitrogen and oxygen atoms in total. The number of pyridine rings is 1. The van der Waals surface area contributed by atoms with Crippen LogP contribution < -0.4 is 0 Å². The minimum atomic E-state index is 0.258. The van der Waals surface area contributed by atoms with E-state index < -0.39 is 0 Å². The van der Waals surface area contributed by atoms with Crippen molar-refractivity contribution in [1.82, 2.24) is 4.98 Å². The molecule has 0 bridgehead atoms. The van der Waals surface area contributed by atoms with Gasteiger partial charge in [-0.1, -0.05) is 18.2 Å². The van der Waals surface area contributed by atoms with E-state index in [1.54, 1.807) is 0 Å². The van der Waals surface area contributed by atoms with Crippen molar-refractivity contribution in [2.24, 2.45) is 0 Å². The number of carbonyl (C=O) groups excluding carboxylic acids is 1. The van der Waals surface area contributed by atoms with Crippen LogP contribution in [0.3, 0.4) is 0 Å². The van der Waals surface area contributed by atoms with Crippen LogP contribution in [0.1, 0.15) is 31.2 Å². The lowest BCUT2D eigenvalue weighted by Gasteiger charge is -2.09. The van der Waals surface area contributed by atoms with Crippen molar-refractivity contribution < 1.29 is 4.79 Å². The molecule has 0 unspecified atom stereocenters. The smallest absolute Gasteiger partial charge is 0.155 e. The minimum absolute atomic E-state index is 0.258. The third kappa shape index (κ3) is 2.06. The van der Waals surface area contributed by atoms with Gasteiger partial charge in [0.15, 0.2) is 5.78 Å². The molecule has 90 valence electrons. The normalized spacial score (nSPS) is 16.4. The van der Waals surface area contributed by atoms with E-state index in [1.807, 2.05) is 30.6 Å². The lowest BCUT2D eigenvalue weighted by molar-refractivity contribution is -0.114. The van der Waals surface area contributed by atoms with Crippen LogP contribution in [0.5, 0.6) is 0 Å². The first-order valence-electron chi connectivity index (χ1n) is 6.41. The molecule has 1 aliphatic rings. The van der Waals surface area contributed by atoms with Crippen molar-refractivity contribution in [3.63, 3.8) is 0 Å². The van der Waals surface area contributed by atoms with Gasteiger partial charge in [-0.15, -0.1) is 0 Å². The Hall–Kier alpha value is -1.96. The average Bonchev–Trinajstić information content (AvgIpc) is 2.63. The molecule has 0 saturated heterocycles. The molecule has 1 aliphatic carbocycles. The van der Waals surface area contributed by atoms with E-state index in [9.17, 15) is 4.79 Å². The molecule has 0 radical (unpaired) electrons. The summed E-state index contributed by atoms with van der Waals surface area (Å²) < 4.78 is 0. The maximum absolute atomic E-state index is 11.7. The quantitative estimate of drug-likeness (QED) is 0.755. The van der Waals surface area contributed by atoms with Crippen molar-refractivity contribution in [2.75, 3.05) is 0 Å². The van der Waals surface area contributed by atoms with Gasteiger partial charge in [0.05, 0.1) is 0 Å². The highest BCUT2D eigenvalue weighted by Gasteiger charge is 2.12. The number of hydrogen-bond acceptors (Lipinski definition) is 2. The topological polar surface area (TPSA) is 30.0 Å². The molecule has 0 fully saturated rings. The highest BCUT2D eigenvalue weighted by molar-refractivity contribution is 6.01. The number of allylic oxidation sites excluding steroid dienone is 2. The summed E-state index contributed by atoms with van der Waals surface area (Å²) in [5.41, 5.74) is 2.36. The van der Waals surface area contributed by atoms with Crippen LogP contribution in [-0.4, -0.2) is 10.8 Å². The first-order valence-corrected chi connectivity index (χ1v) is 6.41. The molecule has 1 aromatic heterocycles. The summed E-state index contributed by atoms with van der Waals surface area (Å²) in [5, 5.41) is 2.32. The Morgan fingerprint density at radius 3 is 2.89 bits per heavy atom. The number of carbonyl (C=O) groups is 1. The summed E-state index contributed by atoms with van der Waals surface area (Å²) in [5.74, 6) is 0.258. The summed E-state index contributed by atoms with van der Waals surface area (Å²) in [6.45, 7) is 0. The van der Waals surface area contributed by atoms with Gasteiger partial charge in [0.1, 0.15) is 0 Å². The summed E-state index contributed by atoms with van der Waals surface area (Å²) in [7, 11) is 0. The second kappa shape index (κ2) is 4.73. The molecular weight excluding hydrogens is 222 g/mol. The maximum Gasteiger partial charge on any atom is 0.155 e. The average molecular weight is 237 g/mol. The first kappa shape index (κ1) is 11.1. The van der Waals surface area contributed by atoms with E-state index in [4.69, 9.17) is 0 Å². The molecular formula is C16H15NO. The Bertz CT molecular complexity index is 623. The second-order valence-electron chi connectivity index (χ2n) is 4.75. The van der Waals surface area contributed by atoms with E-state index in [0.717, 1.165) is 24.6 Å². The molecule has 2 heteroatoms. The van der Waals surface area contributed by atoms with E-state index in [0.29, 0.717) is 6.42 Å². The van der Waals surface area contributed by atoms with Gasteiger partial charge in [0.25, 0.3) is 0 Å². The highest BCUT2D eigenvalue weighted by atomic mass is 16.1. The van der Waals surface area contributed by atoms with Crippen molar-refractivity contribution >= 4 is 22.1 Å². The standard InChI is InChI=1S/C16H15NO/c18-14-6-2-1-4-12(10-14)15-7-3-5-13-11-17-9-8-16(13)15/h3,5,7-11H,1-2,4,6H2. The zero-order chi connectivity index (χ0) is 12.4. The van der Waals surface area contributed by atoms with Crippen molar-refractivity contribution in [2.45, 2.75) is 25.7 Å². The van der Waals surface area contributed by atoms with E-state index >= 15 is 0 Å². The SMILES string of the molecule is O=C1C=C(c2cccc3cnccc23)CCCC1. The van der Waals surface area contributed by atoms with Gasteiger partial charge < -0.3 is 0 Å². The van der Waals surface area contributed by atoms with Crippen molar-refractivity contribution in [1.29, 1.82) is 0 Å². The molecule has 1 heterocycles. The third-order valence-electron chi connectivity index (χ3n) is 3.48. The predicted octanol–water partition coefficient (Wildman–Crippen LogP) is 3.76. The van der Waals surface area contributed by atoms with Gasteiger partial charge in [-0.05, 0) is 47.9 Å². The Balaban J connectivity index is 2.16. The molecule has 2 aromatic rings. The van der Waals surface area contributed by atoms with E-state index in [2.05, 4.69) is 17.1 Å². The fourth-order valence-corrected chi connectivity index (χ4v) is 2.57. The van der Waals surface area contributed by atoms with E-state index in [-0.39, 0.29) is 5.78 Å². The number of aromatic nitrogens is 1. The number of hydrogen-bond donors (Lipinski definition) is 0. The largest absolute Gasteiger partial charge is 0.295 e. The molecule has 0 spiro atoms. The van der Waals surface area contributed by atoms with E-state index in [1.165, 1.54) is 16.5 Å². The van der Waals surface area contributed by atoms with Crippen LogP contribution in [0.25, 0.3) is 16.3 Å². The number of benzene rings is 1. The summed E-state index contributed by atoms with van der Waals surface area (Å²) in [6.07, 6.45) is 9.30. The molecule has 1 aromatic carbocycles. The van der Waals surface area contributed by atoms with Crippen molar-refractivity contribution in [3.8, 4) is 0 Å². The number of nitrogens with zero attached hydrogens (tertiary/aromatic N) is 1. The number of rotatable bonds is 1. The van der Waals surface area contributed by atoms with Crippen LogP contribution in [0, 0.1) is 0 Å². The molecule has 3 rings (SSSR count). The second-order valence-corrected chi connectivity index (χ2v) is 4.75. The van der Waals surface area contributed by atoms with Crippen LogP contribution in [0.15, 0.2) is 42.7 Å². The maximum atomic E-state index is 11.7. The molecule has 0 amide bonds. The lowest BCUT2D eigenvalue weighted by Crippen LogP contribution is -1.91. The molecule has 0 atom stereocenters. The Morgan fingerprint density at radius 2 is 1.94 bits per heavy atom. The van der Waals surface area contributed by atoms with Crippen LogP contribution >= 0.6 is 0 Å². The zero-order valence-corrected chi connectivity index (χ0v) is 10.2. The fraction of sp³-hybridized carbons (Fsp3) is 0.250. The molecule has 0 aliphatic heterocycles. The zero-order valence-electron chi connectivity index (χ0n) is 10.2. The Labute approximate surface area is 106 Å². The van der Waals surface area contributed by atoms with Gasteiger partial charge in [-0.25, -0.2) is 0 Å². The first-order chi connectivity index (χ1) is 8.84. The van der Waals surface area contributed by atoms with Crippen LogP contribution in [0.4, 0.5) is 0 Å². The van der Waals surface area contributed by atoms with Gasteiger partial charge in [0, 0.05) is 24.2 Å². The third-order valence-corrected chi connectivity index (χ3v) is 3.48. The van der Waals surface area contributed by atoms with Gasteiger partial charge in [-0.2, -0.15) is 0 Å². The Kier molecular flexibility index (Phi) is 2.93. The van der Waals surface area contributed by atoms with Crippen LogP contribution in [0.2, 0.25) is 0 Å². The number of fused-ring (bicyclic) bond motifs is 1. The van der Waals surface area contributed by atoms with Crippen LogP contribution in [-0.2, 0) is 4.79 Å². The summed E-state index contributed by atoms with van der Waals surface area (Å²) in [6, 6.07) is 8.23. The Morgan fingerprint density at radius 1 is 1.06 bits per heavy atom. The number of ketones is 1. The molecule has 0 N–H and O–H groups in total. The van der Waals surface area contributed by atoms with Gasteiger partial charge in [0.2, 0.25) is 0 Å². The van der Waals surface area contributed by atoms with Gasteiger partial charge in [-0.3, -0.25) is 9.78 Å². The minimum Gasteiger partial charge on any atom is -0.295 e.